The van der Waals surface area contributed by atoms with Gasteiger partial charge in [-0.15, -0.1) is 0 Å². The number of nitriles is 1. The molecule has 0 radical (unpaired) electrons. The third-order valence-electron chi connectivity index (χ3n) is 3.93. The lowest BCUT2D eigenvalue weighted by Gasteiger charge is -2.36. The topological polar surface area (TPSA) is 96.8 Å². The number of nitrogens with zero attached hydrogens (tertiary/aromatic N) is 4. The Morgan fingerprint density at radius 1 is 1.50 bits per heavy atom. The van der Waals surface area contributed by atoms with Gasteiger partial charge >= 0.3 is 0 Å². The summed E-state index contributed by atoms with van der Waals surface area (Å²) in [7, 11) is 0. The third kappa shape index (κ3) is 2.91. The molecular formula is C15H15N5O2. The Labute approximate surface area is 127 Å². The molecule has 1 N–H and O–H groups in total. The summed E-state index contributed by atoms with van der Waals surface area (Å²) >= 11 is 0. The van der Waals surface area contributed by atoms with Crippen molar-refractivity contribution in [3.8, 4) is 6.07 Å². The lowest BCUT2D eigenvalue weighted by molar-refractivity contribution is -0.384. The first-order valence-electron chi connectivity index (χ1n) is 7.08. The molecule has 22 heavy (non-hydrogen) atoms. The van der Waals surface area contributed by atoms with Crippen molar-refractivity contribution < 1.29 is 4.92 Å². The number of benzene rings is 1. The van der Waals surface area contributed by atoms with E-state index in [1.54, 1.807) is 12.3 Å². The van der Waals surface area contributed by atoms with E-state index in [4.69, 9.17) is 5.26 Å². The van der Waals surface area contributed by atoms with Crippen molar-refractivity contribution in [2.75, 3.05) is 5.32 Å². The molecule has 3 rings (SSSR count). The number of anilines is 1. The minimum Gasteiger partial charge on any atom is -0.381 e. The van der Waals surface area contributed by atoms with Crippen LogP contribution in [0.1, 0.15) is 18.4 Å². The maximum atomic E-state index is 10.7. The molecule has 1 saturated carbocycles. The van der Waals surface area contributed by atoms with E-state index in [2.05, 4.69) is 10.4 Å². The largest absolute Gasteiger partial charge is 0.381 e. The van der Waals surface area contributed by atoms with Crippen molar-refractivity contribution in [1.82, 2.24) is 9.78 Å². The fraction of sp³-hybridized carbons (Fsp3) is 0.333. The highest BCUT2D eigenvalue weighted by Crippen LogP contribution is 2.32. The van der Waals surface area contributed by atoms with Crippen LogP contribution in [0, 0.1) is 27.4 Å². The van der Waals surface area contributed by atoms with Crippen molar-refractivity contribution in [1.29, 1.82) is 5.26 Å². The van der Waals surface area contributed by atoms with Gasteiger partial charge in [0.2, 0.25) is 0 Å². The summed E-state index contributed by atoms with van der Waals surface area (Å²) in [5, 5.41) is 27.3. The van der Waals surface area contributed by atoms with E-state index < -0.39 is 4.92 Å². The Kier molecular flexibility index (Phi) is 3.74. The van der Waals surface area contributed by atoms with Crippen molar-refractivity contribution in [3.05, 3.63) is 52.3 Å². The average Bonchev–Trinajstić information content (AvgIpc) is 2.98. The molecule has 0 bridgehead atoms. The van der Waals surface area contributed by atoms with Crippen molar-refractivity contribution in [2.24, 2.45) is 5.92 Å². The van der Waals surface area contributed by atoms with Gasteiger partial charge in [0, 0.05) is 37.1 Å². The number of rotatable bonds is 5. The normalized spacial score (nSPS) is 20.0. The van der Waals surface area contributed by atoms with Crippen LogP contribution in [0.4, 0.5) is 11.4 Å². The Morgan fingerprint density at radius 2 is 2.32 bits per heavy atom. The van der Waals surface area contributed by atoms with Crippen LogP contribution in [-0.4, -0.2) is 20.7 Å². The Balaban J connectivity index is 1.59. The highest BCUT2D eigenvalue weighted by Gasteiger charge is 2.30. The predicted octanol–water partition coefficient (Wildman–Crippen LogP) is 2.55. The first-order chi connectivity index (χ1) is 10.7. The molecule has 1 fully saturated rings. The first kappa shape index (κ1) is 14.1. The van der Waals surface area contributed by atoms with E-state index in [1.807, 2.05) is 23.0 Å². The lowest BCUT2D eigenvalue weighted by atomic mass is 9.80. The van der Waals surface area contributed by atoms with Gasteiger partial charge in [-0.2, -0.15) is 10.4 Å². The highest BCUT2D eigenvalue weighted by molar-refractivity contribution is 5.61. The van der Waals surface area contributed by atoms with Crippen LogP contribution in [0.2, 0.25) is 0 Å². The lowest BCUT2D eigenvalue weighted by Crippen LogP contribution is -2.37. The summed E-state index contributed by atoms with van der Waals surface area (Å²) in [6.07, 6.45) is 5.72. The minimum atomic E-state index is -0.492. The Hall–Kier alpha value is -2.88. The summed E-state index contributed by atoms with van der Waals surface area (Å²) < 4.78 is 1.92. The summed E-state index contributed by atoms with van der Waals surface area (Å²) in [6, 6.07) is 8.55. The Morgan fingerprint density at radius 3 is 2.95 bits per heavy atom. The van der Waals surface area contributed by atoms with Gasteiger partial charge in [-0.25, -0.2) is 0 Å². The SMILES string of the molecule is N#Cc1cc([N+](=O)[O-])ccc1NC1CC(Cn2cccn2)C1. The maximum Gasteiger partial charge on any atom is 0.270 e. The molecular weight excluding hydrogens is 282 g/mol. The second kappa shape index (κ2) is 5.85. The van der Waals surface area contributed by atoms with E-state index in [0.29, 0.717) is 23.2 Å². The molecule has 1 aromatic heterocycles. The molecule has 1 heterocycles. The molecule has 0 amide bonds. The molecule has 1 aliphatic carbocycles. The monoisotopic (exact) mass is 297 g/mol. The molecule has 112 valence electrons. The fourth-order valence-corrected chi connectivity index (χ4v) is 2.76. The van der Waals surface area contributed by atoms with Gasteiger partial charge in [0.1, 0.15) is 6.07 Å². The molecule has 0 aliphatic heterocycles. The number of hydrogen-bond acceptors (Lipinski definition) is 5. The van der Waals surface area contributed by atoms with E-state index >= 15 is 0 Å². The van der Waals surface area contributed by atoms with Crippen LogP contribution < -0.4 is 5.32 Å². The molecule has 0 unspecified atom stereocenters. The van der Waals surface area contributed by atoms with Crippen LogP contribution in [0.3, 0.4) is 0 Å². The Bertz CT molecular complexity index is 714. The number of aromatic nitrogens is 2. The number of nitro groups is 1. The predicted molar refractivity (Wildman–Crippen MR) is 80.2 cm³/mol. The fourth-order valence-electron chi connectivity index (χ4n) is 2.76. The molecule has 1 aliphatic rings. The summed E-state index contributed by atoms with van der Waals surface area (Å²) in [5.41, 5.74) is 0.910. The van der Waals surface area contributed by atoms with Crippen molar-refractivity contribution in [3.63, 3.8) is 0 Å². The quantitative estimate of drug-likeness (QED) is 0.675. The molecule has 0 atom stereocenters. The zero-order valence-corrected chi connectivity index (χ0v) is 11.8. The molecule has 1 aromatic carbocycles. The second-order valence-electron chi connectivity index (χ2n) is 5.51. The molecule has 7 nitrogen and oxygen atoms in total. The van der Waals surface area contributed by atoms with Gasteiger partial charge < -0.3 is 5.32 Å². The smallest absolute Gasteiger partial charge is 0.270 e. The third-order valence-corrected chi connectivity index (χ3v) is 3.93. The van der Waals surface area contributed by atoms with Crippen LogP contribution >= 0.6 is 0 Å². The zero-order valence-electron chi connectivity index (χ0n) is 11.8. The number of nitrogens with one attached hydrogen (secondary N) is 1. The number of nitro benzene ring substituents is 1. The molecule has 2 aromatic rings. The average molecular weight is 297 g/mol. The summed E-state index contributed by atoms with van der Waals surface area (Å²) in [6.45, 7) is 0.899. The molecule has 7 heteroatoms. The van der Waals surface area contributed by atoms with Gasteiger partial charge in [0.05, 0.1) is 16.2 Å². The van der Waals surface area contributed by atoms with Crippen LogP contribution in [0.25, 0.3) is 0 Å². The van der Waals surface area contributed by atoms with E-state index in [-0.39, 0.29) is 5.69 Å². The summed E-state index contributed by atoms with van der Waals surface area (Å²) in [4.78, 5) is 10.2. The van der Waals surface area contributed by atoms with Gasteiger partial charge in [-0.05, 0) is 30.9 Å². The standard InChI is InChI=1S/C15H15N5O2/c16-9-12-8-14(20(21)22)2-3-15(12)18-13-6-11(7-13)10-19-5-1-4-17-19/h1-5,8,11,13,18H,6-7,10H2. The molecule has 0 saturated heterocycles. The van der Waals surface area contributed by atoms with Gasteiger partial charge in [0.25, 0.3) is 5.69 Å². The maximum absolute atomic E-state index is 10.7. The zero-order chi connectivity index (χ0) is 15.5. The van der Waals surface area contributed by atoms with Crippen LogP contribution in [-0.2, 0) is 6.54 Å². The van der Waals surface area contributed by atoms with Crippen LogP contribution in [0.15, 0.2) is 36.7 Å². The van der Waals surface area contributed by atoms with Crippen molar-refractivity contribution in [2.45, 2.75) is 25.4 Å². The molecule has 0 spiro atoms. The first-order valence-corrected chi connectivity index (χ1v) is 7.08. The summed E-state index contributed by atoms with van der Waals surface area (Å²) in [5.74, 6) is 0.570. The van der Waals surface area contributed by atoms with Crippen LogP contribution in [0.5, 0.6) is 0 Å². The van der Waals surface area contributed by atoms with Gasteiger partial charge in [0.15, 0.2) is 0 Å². The van der Waals surface area contributed by atoms with E-state index in [9.17, 15) is 10.1 Å². The number of hydrogen-bond donors (Lipinski definition) is 1. The van der Waals surface area contributed by atoms with Crippen molar-refractivity contribution >= 4 is 11.4 Å². The van der Waals surface area contributed by atoms with E-state index in [1.165, 1.54) is 12.1 Å². The van der Waals surface area contributed by atoms with E-state index in [0.717, 1.165) is 19.4 Å². The van der Waals surface area contributed by atoms with Gasteiger partial charge in [-0.1, -0.05) is 0 Å². The van der Waals surface area contributed by atoms with Gasteiger partial charge in [-0.3, -0.25) is 14.8 Å². The number of non-ortho nitro benzene ring substituents is 1. The second-order valence-corrected chi connectivity index (χ2v) is 5.51. The minimum absolute atomic E-state index is 0.0627. The highest BCUT2D eigenvalue weighted by atomic mass is 16.6.